The summed E-state index contributed by atoms with van der Waals surface area (Å²) in [5, 5.41) is 17.4. The Hall–Kier alpha value is -2.16. The Balaban J connectivity index is 1.93. The Kier molecular flexibility index (Phi) is 4.88. The van der Waals surface area contributed by atoms with Crippen LogP contribution < -0.4 is 0 Å². The maximum absolute atomic E-state index is 10.4. The highest BCUT2D eigenvalue weighted by molar-refractivity contribution is 5.85. The van der Waals surface area contributed by atoms with Crippen LogP contribution in [0.25, 0.3) is 6.08 Å². The molecule has 0 aromatic heterocycles. The van der Waals surface area contributed by atoms with E-state index in [0.29, 0.717) is 13.2 Å². The number of nitriles is 1. The highest BCUT2D eigenvalue weighted by atomic mass is 16.5. The van der Waals surface area contributed by atoms with Crippen molar-refractivity contribution in [2.45, 2.75) is 12.6 Å². The average molecular weight is 272 g/mol. The van der Waals surface area contributed by atoms with Crippen molar-refractivity contribution in [3.05, 3.63) is 41.5 Å². The maximum atomic E-state index is 10.4. The Morgan fingerprint density at radius 1 is 1.50 bits per heavy atom. The normalized spacial score (nSPS) is 19.9. The lowest BCUT2D eigenvalue weighted by Gasteiger charge is -2.29. The Morgan fingerprint density at radius 3 is 2.90 bits per heavy atom. The Labute approximate surface area is 117 Å². The van der Waals surface area contributed by atoms with Gasteiger partial charge in [-0.05, 0) is 17.2 Å². The van der Waals surface area contributed by atoms with Gasteiger partial charge in [-0.1, -0.05) is 24.3 Å². The Morgan fingerprint density at radius 2 is 2.25 bits per heavy atom. The molecule has 1 heterocycles. The summed E-state index contributed by atoms with van der Waals surface area (Å²) in [4.78, 5) is 12.6. The predicted octanol–water partition coefficient (Wildman–Crippen LogP) is 1.51. The SMILES string of the molecule is N#CC1CN(Cc2ccc(C=CC(=O)O)cc2)CCO1. The van der Waals surface area contributed by atoms with E-state index in [1.807, 2.05) is 24.3 Å². The summed E-state index contributed by atoms with van der Waals surface area (Å²) >= 11 is 0. The van der Waals surface area contributed by atoms with E-state index >= 15 is 0 Å². The molecule has 1 aliphatic heterocycles. The number of aliphatic carboxylic acids is 1. The third kappa shape index (κ3) is 4.19. The van der Waals surface area contributed by atoms with Gasteiger partial charge in [0.15, 0.2) is 6.10 Å². The van der Waals surface area contributed by atoms with Gasteiger partial charge in [0.05, 0.1) is 12.7 Å². The minimum atomic E-state index is -0.954. The van der Waals surface area contributed by atoms with Crippen LogP contribution in [0, 0.1) is 11.3 Å². The molecule has 0 amide bonds. The number of carboxylic acid groups (broad SMARTS) is 1. The molecule has 5 heteroatoms. The average Bonchev–Trinajstić information content (AvgIpc) is 2.47. The summed E-state index contributed by atoms with van der Waals surface area (Å²) in [7, 11) is 0. The predicted molar refractivity (Wildman–Crippen MR) is 73.7 cm³/mol. The monoisotopic (exact) mass is 272 g/mol. The number of nitrogens with zero attached hydrogens (tertiary/aromatic N) is 2. The summed E-state index contributed by atoms with van der Waals surface area (Å²) in [5.74, 6) is -0.954. The fourth-order valence-electron chi connectivity index (χ4n) is 2.08. The first-order chi connectivity index (χ1) is 9.67. The van der Waals surface area contributed by atoms with Crippen molar-refractivity contribution in [1.29, 1.82) is 5.26 Å². The van der Waals surface area contributed by atoms with Crippen LogP contribution in [-0.4, -0.2) is 41.8 Å². The van der Waals surface area contributed by atoms with Gasteiger partial charge in [0, 0.05) is 25.7 Å². The zero-order chi connectivity index (χ0) is 14.4. The summed E-state index contributed by atoms with van der Waals surface area (Å²) in [6.07, 6.45) is 2.34. The molecule has 0 radical (unpaired) electrons. The van der Waals surface area contributed by atoms with Crippen molar-refractivity contribution in [3.63, 3.8) is 0 Å². The van der Waals surface area contributed by atoms with Crippen LogP contribution in [-0.2, 0) is 16.1 Å². The number of morpholine rings is 1. The standard InChI is InChI=1S/C15H16N2O3/c16-9-14-11-17(7-8-20-14)10-13-3-1-12(2-4-13)5-6-15(18)19/h1-6,14H,7-8,10-11H2,(H,18,19). The third-order valence-corrected chi connectivity index (χ3v) is 3.10. The minimum absolute atomic E-state index is 0.346. The highest BCUT2D eigenvalue weighted by Crippen LogP contribution is 2.12. The van der Waals surface area contributed by atoms with Crippen molar-refractivity contribution < 1.29 is 14.6 Å². The molecule has 1 aromatic carbocycles. The molecule has 0 spiro atoms. The van der Waals surface area contributed by atoms with Crippen LogP contribution in [0.4, 0.5) is 0 Å². The van der Waals surface area contributed by atoms with Crippen molar-refractivity contribution in [3.8, 4) is 6.07 Å². The van der Waals surface area contributed by atoms with Crippen LogP contribution in [0.5, 0.6) is 0 Å². The van der Waals surface area contributed by atoms with E-state index in [0.717, 1.165) is 30.3 Å². The summed E-state index contributed by atoms with van der Waals surface area (Å²) < 4.78 is 5.30. The van der Waals surface area contributed by atoms with Gasteiger partial charge < -0.3 is 9.84 Å². The first kappa shape index (κ1) is 14.3. The fraction of sp³-hybridized carbons (Fsp3) is 0.333. The van der Waals surface area contributed by atoms with Crippen molar-refractivity contribution in [1.82, 2.24) is 4.90 Å². The van der Waals surface area contributed by atoms with Gasteiger partial charge in [0.1, 0.15) is 0 Å². The molecule has 0 saturated carbocycles. The van der Waals surface area contributed by atoms with Crippen molar-refractivity contribution in [2.75, 3.05) is 19.7 Å². The van der Waals surface area contributed by atoms with E-state index in [2.05, 4.69) is 11.0 Å². The van der Waals surface area contributed by atoms with Gasteiger partial charge >= 0.3 is 5.97 Å². The second-order valence-corrected chi connectivity index (χ2v) is 4.64. The number of hydrogen-bond acceptors (Lipinski definition) is 4. The molecule has 1 saturated heterocycles. The highest BCUT2D eigenvalue weighted by Gasteiger charge is 2.19. The molecule has 0 bridgehead atoms. The smallest absolute Gasteiger partial charge is 0.328 e. The summed E-state index contributed by atoms with van der Waals surface area (Å²) in [5.41, 5.74) is 1.99. The molecule has 1 N–H and O–H groups in total. The lowest BCUT2D eigenvalue weighted by atomic mass is 10.1. The lowest BCUT2D eigenvalue weighted by Crippen LogP contribution is -2.41. The Bertz CT molecular complexity index is 531. The molecule has 1 aliphatic rings. The van der Waals surface area contributed by atoms with E-state index in [1.54, 1.807) is 6.08 Å². The second kappa shape index (κ2) is 6.85. The fourth-order valence-corrected chi connectivity index (χ4v) is 2.08. The number of hydrogen-bond donors (Lipinski definition) is 1. The van der Waals surface area contributed by atoms with Crippen LogP contribution in [0.3, 0.4) is 0 Å². The van der Waals surface area contributed by atoms with E-state index in [4.69, 9.17) is 15.1 Å². The molecule has 5 nitrogen and oxygen atoms in total. The van der Waals surface area contributed by atoms with Crippen LogP contribution in [0.1, 0.15) is 11.1 Å². The van der Waals surface area contributed by atoms with Gasteiger partial charge in [-0.25, -0.2) is 4.79 Å². The number of rotatable bonds is 4. The molecule has 2 rings (SSSR count). The number of carboxylic acids is 1. The second-order valence-electron chi connectivity index (χ2n) is 4.64. The quantitative estimate of drug-likeness (QED) is 0.841. The van der Waals surface area contributed by atoms with E-state index in [9.17, 15) is 4.79 Å². The first-order valence-electron chi connectivity index (χ1n) is 6.41. The van der Waals surface area contributed by atoms with Crippen molar-refractivity contribution >= 4 is 12.0 Å². The molecule has 104 valence electrons. The molecule has 0 aliphatic carbocycles. The van der Waals surface area contributed by atoms with Gasteiger partial charge in [-0.2, -0.15) is 5.26 Å². The van der Waals surface area contributed by atoms with Gasteiger partial charge in [0.25, 0.3) is 0 Å². The number of carbonyl (C=O) groups is 1. The number of benzene rings is 1. The van der Waals surface area contributed by atoms with Gasteiger partial charge in [0.2, 0.25) is 0 Å². The van der Waals surface area contributed by atoms with E-state index < -0.39 is 5.97 Å². The van der Waals surface area contributed by atoms with Crippen LogP contribution in [0.2, 0.25) is 0 Å². The van der Waals surface area contributed by atoms with E-state index in [-0.39, 0.29) is 6.10 Å². The zero-order valence-corrected chi connectivity index (χ0v) is 11.0. The minimum Gasteiger partial charge on any atom is -0.478 e. The van der Waals surface area contributed by atoms with Crippen LogP contribution >= 0.6 is 0 Å². The topological polar surface area (TPSA) is 73.6 Å². The molecule has 1 atom stereocenters. The zero-order valence-electron chi connectivity index (χ0n) is 11.0. The van der Waals surface area contributed by atoms with E-state index in [1.165, 1.54) is 0 Å². The lowest BCUT2D eigenvalue weighted by molar-refractivity contribution is -0.131. The van der Waals surface area contributed by atoms with Crippen LogP contribution in [0.15, 0.2) is 30.3 Å². The molecular weight excluding hydrogens is 256 g/mol. The van der Waals surface area contributed by atoms with Gasteiger partial charge in [-0.15, -0.1) is 0 Å². The molecule has 20 heavy (non-hydrogen) atoms. The van der Waals surface area contributed by atoms with Gasteiger partial charge in [-0.3, -0.25) is 4.90 Å². The summed E-state index contributed by atoms with van der Waals surface area (Å²) in [6, 6.07) is 9.84. The molecular formula is C15H16N2O3. The summed E-state index contributed by atoms with van der Waals surface area (Å²) in [6.45, 7) is 2.79. The first-order valence-corrected chi connectivity index (χ1v) is 6.41. The third-order valence-electron chi connectivity index (χ3n) is 3.10. The molecule has 1 fully saturated rings. The van der Waals surface area contributed by atoms with Crippen molar-refractivity contribution in [2.24, 2.45) is 0 Å². The maximum Gasteiger partial charge on any atom is 0.328 e. The molecule has 1 aromatic rings. The number of ether oxygens (including phenoxy) is 1. The largest absolute Gasteiger partial charge is 0.478 e. The molecule has 1 unspecified atom stereocenters.